The Balaban J connectivity index is 1.66. The maximum absolute atomic E-state index is 5.83. The third kappa shape index (κ3) is 3.79. The maximum Gasteiger partial charge on any atom is 0.209 e. The molecule has 0 amide bonds. The van der Waals surface area contributed by atoms with Gasteiger partial charge < -0.3 is 9.73 Å². The predicted octanol–water partition coefficient (Wildman–Crippen LogP) is 3.50. The quantitative estimate of drug-likeness (QED) is 0.783. The van der Waals surface area contributed by atoms with E-state index >= 15 is 0 Å². The van der Waals surface area contributed by atoms with Crippen molar-refractivity contribution >= 4 is 11.1 Å². The van der Waals surface area contributed by atoms with Crippen LogP contribution in [0.1, 0.15) is 39.1 Å². The first-order chi connectivity index (χ1) is 10.9. The molecule has 0 saturated carbocycles. The molecule has 0 fully saturated rings. The van der Waals surface area contributed by atoms with E-state index in [4.69, 9.17) is 4.42 Å². The standard InChI is InChI=1S/C18H24N4O/c1-13(12-22-9-5-8-20-22)19-11-17-21-15-10-14(18(2,3)4)6-7-16(15)23-17/h5-10,13,19H,11-12H2,1-4H3. The van der Waals surface area contributed by atoms with Crippen molar-refractivity contribution in [1.29, 1.82) is 0 Å². The molecule has 0 saturated heterocycles. The molecule has 5 heteroatoms. The van der Waals surface area contributed by atoms with Crippen molar-refractivity contribution in [2.24, 2.45) is 0 Å². The summed E-state index contributed by atoms with van der Waals surface area (Å²) in [5, 5.41) is 7.64. The van der Waals surface area contributed by atoms with Crippen molar-refractivity contribution in [3.8, 4) is 0 Å². The Labute approximate surface area is 136 Å². The highest BCUT2D eigenvalue weighted by Gasteiger charge is 2.16. The fourth-order valence-electron chi connectivity index (χ4n) is 2.53. The van der Waals surface area contributed by atoms with E-state index in [0.29, 0.717) is 6.54 Å². The number of hydrogen-bond acceptors (Lipinski definition) is 4. The molecule has 0 radical (unpaired) electrons. The zero-order chi connectivity index (χ0) is 16.4. The number of nitrogens with one attached hydrogen (secondary N) is 1. The van der Waals surface area contributed by atoms with Crippen LogP contribution < -0.4 is 5.32 Å². The molecule has 1 N–H and O–H groups in total. The van der Waals surface area contributed by atoms with E-state index in [1.165, 1.54) is 5.56 Å². The highest BCUT2D eigenvalue weighted by atomic mass is 16.3. The van der Waals surface area contributed by atoms with Crippen LogP contribution in [-0.4, -0.2) is 20.8 Å². The molecule has 23 heavy (non-hydrogen) atoms. The maximum atomic E-state index is 5.83. The third-order valence-electron chi connectivity index (χ3n) is 3.92. The van der Waals surface area contributed by atoms with Crippen molar-refractivity contribution in [1.82, 2.24) is 20.1 Å². The summed E-state index contributed by atoms with van der Waals surface area (Å²) in [6.07, 6.45) is 3.76. The molecule has 2 aromatic heterocycles. The minimum absolute atomic E-state index is 0.115. The van der Waals surface area contributed by atoms with Gasteiger partial charge in [0.2, 0.25) is 5.89 Å². The van der Waals surface area contributed by atoms with Crippen LogP contribution in [0, 0.1) is 0 Å². The molecule has 3 rings (SSSR count). The van der Waals surface area contributed by atoms with Crippen LogP contribution in [0.15, 0.2) is 41.1 Å². The molecule has 2 heterocycles. The van der Waals surface area contributed by atoms with E-state index in [0.717, 1.165) is 23.5 Å². The van der Waals surface area contributed by atoms with Crippen LogP contribution in [0.25, 0.3) is 11.1 Å². The Kier molecular flexibility index (Phi) is 4.22. The fraction of sp³-hybridized carbons (Fsp3) is 0.444. The van der Waals surface area contributed by atoms with E-state index < -0.39 is 0 Å². The van der Waals surface area contributed by atoms with Gasteiger partial charge >= 0.3 is 0 Å². The first-order valence-corrected chi connectivity index (χ1v) is 8.02. The Morgan fingerprint density at radius 1 is 1.30 bits per heavy atom. The summed E-state index contributed by atoms with van der Waals surface area (Å²) >= 11 is 0. The summed E-state index contributed by atoms with van der Waals surface area (Å²) in [7, 11) is 0. The number of aromatic nitrogens is 3. The molecule has 122 valence electrons. The second kappa shape index (κ2) is 6.16. The van der Waals surface area contributed by atoms with E-state index in [1.54, 1.807) is 6.20 Å². The summed E-state index contributed by atoms with van der Waals surface area (Å²) in [4.78, 5) is 4.60. The monoisotopic (exact) mass is 312 g/mol. The number of fused-ring (bicyclic) bond motifs is 1. The van der Waals surface area contributed by atoms with Gasteiger partial charge in [-0.3, -0.25) is 4.68 Å². The van der Waals surface area contributed by atoms with Crippen molar-refractivity contribution < 1.29 is 4.42 Å². The summed E-state index contributed by atoms with van der Waals surface area (Å²) in [5.74, 6) is 0.721. The Bertz CT molecular complexity index is 768. The Hall–Kier alpha value is -2.14. The fourth-order valence-corrected chi connectivity index (χ4v) is 2.53. The van der Waals surface area contributed by atoms with Crippen LogP contribution >= 0.6 is 0 Å². The molecule has 0 aliphatic carbocycles. The summed E-state index contributed by atoms with van der Waals surface area (Å²) in [6, 6.07) is 8.47. The van der Waals surface area contributed by atoms with Crippen molar-refractivity contribution in [2.75, 3.05) is 0 Å². The first-order valence-electron chi connectivity index (χ1n) is 8.02. The summed E-state index contributed by atoms with van der Waals surface area (Å²) < 4.78 is 7.74. The van der Waals surface area contributed by atoms with Crippen LogP contribution in [0.5, 0.6) is 0 Å². The molecule has 0 bridgehead atoms. The minimum atomic E-state index is 0.115. The number of benzene rings is 1. The van der Waals surface area contributed by atoms with Gasteiger partial charge in [0, 0.05) is 18.4 Å². The third-order valence-corrected chi connectivity index (χ3v) is 3.92. The highest BCUT2D eigenvalue weighted by Crippen LogP contribution is 2.26. The minimum Gasteiger partial charge on any atom is -0.439 e. The number of rotatable bonds is 5. The topological polar surface area (TPSA) is 55.9 Å². The molecule has 0 spiro atoms. The van der Waals surface area contributed by atoms with E-state index in [1.807, 2.05) is 23.0 Å². The van der Waals surface area contributed by atoms with Crippen LogP contribution in [0.3, 0.4) is 0 Å². The van der Waals surface area contributed by atoms with Gasteiger partial charge in [-0.15, -0.1) is 0 Å². The highest BCUT2D eigenvalue weighted by molar-refractivity contribution is 5.73. The molecule has 1 unspecified atom stereocenters. The van der Waals surface area contributed by atoms with Crippen molar-refractivity contribution in [3.05, 3.63) is 48.1 Å². The summed E-state index contributed by atoms with van der Waals surface area (Å²) in [6.45, 7) is 10.2. The first kappa shape index (κ1) is 15.7. The molecule has 0 aliphatic heterocycles. The van der Waals surface area contributed by atoms with Gasteiger partial charge in [0.05, 0.1) is 13.1 Å². The second-order valence-corrected chi connectivity index (χ2v) is 7.05. The van der Waals surface area contributed by atoms with Gasteiger partial charge in [0.25, 0.3) is 0 Å². The lowest BCUT2D eigenvalue weighted by Gasteiger charge is -2.18. The van der Waals surface area contributed by atoms with Gasteiger partial charge in [-0.05, 0) is 36.1 Å². The van der Waals surface area contributed by atoms with Gasteiger partial charge in [0.1, 0.15) is 5.52 Å². The smallest absolute Gasteiger partial charge is 0.209 e. The average molecular weight is 312 g/mol. The van der Waals surface area contributed by atoms with E-state index in [-0.39, 0.29) is 11.5 Å². The SMILES string of the molecule is CC(Cn1cccn1)NCc1nc2cc(C(C)(C)C)ccc2o1. The molecule has 3 aromatic rings. The molecular weight excluding hydrogens is 288 g/mol. The normalized spacial score (nSPS) is 13.6. The molecule has 5 nitrogen and oxygen atoms in total. The van der Waals surface area contributed by atoms with Crippen LogP contribution in [-0.2, 0) is 18.5 Å². The molecule has 1 atom stereocenters. The lowest BCUT2D eigenvalue weighted by molar-refractivity contribution is 0.416. The predicted molar refractivity (Wildman–Crippen MR) is 91.2 cm³/mol. The Morgan fingerprint density at radius 3 is 2.83 bits per heavy atom. The lowest BCUT2D eigenvalue weighted by atomic mass is 9.87. The van der Waals surface area contributed by atoms with E-state index in [9.17, 15) is 0 Å². The van der Waals surface area contributed by atoms with Gasteiger partial charge in [0.15, 0.2) is 5.58 Å². The van der Waals surface area contributed by atoms with Gasteiger partial charge in [-0.25, -0.2) is 4.98 Å². The molecule has 0 aliphatic rings. The Morgan fingerprint density at radius 2 is 2.13 bits per heavy atom. The molecular formula is C18H24N4O. The zero-order valence-electron chi connectivity index (χ0n) is 14.2. The van der Waals surface area contributed by atoms with Gasteiger partial charge in [-0.2, -0.15) is 5.10 Å². The van der Waals surface area contributed by atoms with Gasteiger partial charge in [-0.1, -0.05) is 26.8 Å². The average Bonchev–Trinajstić information content (AvgIpc) is 3.11. The van der Waals surface area contributed by atoms with E-state index in [2.05, 4.69) is 55.2 Å². The van der Waals surface area contributed by atoms with Crippen LogP contribution in [0.2, 0.25) is 0 Å². The summed E-state index contributed by atoms with van der Waals surface area (Å²) in [5.41, 5.74) is 3.15. The van der Waals surface area contributed by atoms with Crippen molar-refractivity contribution in [2.45, 2.75) is 52.2 Å². The second-order valence-electron chi connectivity index (χ2n) is 7.05. The zero-order valence-corrected chi connectivity index (χ0v) is 14.2. The largest absolute Gasteiger partial charge is 0.439 e. The number of oxazole rings is 1. The lowest BCUT2D eigenvalue weighted by Crippen LogP contribution is -2.30. The van der Waals surface area contributed by atoms with Crippen molar-refractivity contribution in [3.63, 3.8) is 0 Å². The molecule has 1 aromatic carbocycles. The number of hydrogen-bond donors (Lipinski definition) is 1. The van der Waals surface area contributed by atoms with Crippen LogP contribution in [0.4, 0.5) is 0 Å². The number of nitrogens with zero attached hydrogens (tertiary/aromatic N) is 3.